The van der Waals surface area contributed by atoms with Crippen LogP contribution in [0.5, 0.6) is 0 Å². The average Bonchev–Trinajstić information content (AvgIpc) is 2.78. The van der Waals surface area contributed by atoms with Crippen molar-refractivity contribution in [2.75, 3.05) is 6.54 Å². The van der Waals surface area contributed by atoms with Gasteiger partial charge in [0.25, 0.3) is 5.91 Å². The quantitative estimate of drug-likeness (QED) is 0.907. The molecule has 0 aliphatic rings. The first-order valence-electron chi connectivity index (χ1n) is 5.44. The molecular weight excluding hydrogens is 289 g/mol. The van der Waals surface area contributed by atoms with Crippen molar-refractivity contribution < 1.29 is 4.79 Å². The van der Waals surface area contributed by atoms with E-state index in [1.165, 1.54) is 11.3 Å². The lowest BCUT2D eigenvalue weighted by Gasteiger charge is -2.05. The lowest BCUT2D eigenvalue weighted by Crippen LogP contribution is -2.24. The summed E-state index contributed by atoms with van der Waals surface area (Å²) in [6.45, 7) is 0.554. The molecule has 94 valence electrons. The van der Waals surface area contributed by atoms with Gasteiger partial charge >= 0.3 is 0 Å². The summed E-state index contributed by atoms with van der Waals surface area (Å²) >= 11 is 13.1. The Morgan fingerprint density at radius 2 is 1.94 bits per heavy atom. The molecular formula is C13H11Cl2NOS. The van der Waals surface area contributed by atoms with E-state index in [4.69, 9.17) is 23.2 Å². The number of thiophene rings is 1. The fraction of sp³-hybridized carbons (Fsp3) is 0.154. The van der Waals surface area contributed by atoms with Crippen LogP contribution in [0.2, 0.25) is 9.36 Å². The maximum Gasteiger partial charge on any atom is 0.261 e. The monoisotopic (exact) mass is 299 g/mol. The van der Waals surface area contributed by atoms with Gasteiger partial charge in [-0.05, 0) is 30.2 Å². The minimum absolute atomic E-state index is 0.0982. The first kappa shape index (κ1) is 13.4. The van der Waals surface area contributed by atoms with Crippen molar-refractivity contribution in [3.63, 3.8) is 0 Å². The standard InChI is InChI=1S/C13H11Cl2NOS/c14-10-4-2-1-3-9(10)7-8-16-13(17)11-5-6-12(15)18-11/h1-6H,7-8H2,(H,16,17). The lowest BCUT2D eigenvalue weighted by molar-refractivity contribution is 0.0958. The maximum absolute atomic E-state index is 11.7. The molecule has 1 aromatic carbocycles. The molecule has 0 spiro atoms. The van der Waals surface area contributed by atoms with Gasteiger partial charge in [0, 0.05) is 11.6 Å². The highest BCUT2D eigenvalue weighted by atomic mass is 35.5. The smallest absolute Gasteiger partial charge is 0.261 e. The fourth-order valence-corrected chi connectivity index (χ4v) is 2.72. The topological polar surface area (TPSA) is 29.1 Å². The Balaban J connectivity index is 1.86. The molecule has 1 aromatic heterocycles. The van der Waals surface area contributed by atoms with E-state index in [1.807, 2.05) is 24.3 Å². The Morgan fingerprint density at radius 1 is 1.17 bits per heavy atom. The summed E-state index contributed by atoms with van der Waals surface area (Å²) in [5, 5.41) is 3.57. The van der Waals surface area contributed by atoms with E-state index < -0.39 is 0 Å². The second kappa shape index (κ2) is 6.23. The highest BCUT2D eigenvalue weighted by molar-refractivity contribution is 7.17. The molecule has 2 nitrogen and oxygen atoms in total. The number of halogens is 2. The first-order chi connectivity index (χ1) is 8.66. The molecule has 0 fully saturated rings. The zero-order chi connectivity index (χ0) is 13.0. The summed E-state index contributed by atoms with van der Waals surface area (Å²) in [4.78, 5) is 12.4. The van der Waals surface area contributed by atoms with Crippen LogP contribution in [0.25, 0.3) is 0 Å². The fourth-order valence-electron chi connectivity index (χ4n) is 1.54. The van der Waals surface area contributed by atoms with Gasteiger partial charge in [-0.25, -0.2) is 0 Å². The molecule has 0 bridgehead atoms. The number of carbonyl (C=O) groups excluding carboxylic acids is 1. The molecule has 0 atom stereocenters. The summed E-state index contributed by atoms with van der Waals surface area (Å²) < 4.78 is 0.617. The number of carbonyl (C=O) groups is 1. The van der Waals surface area contributed by atoms with Gasteiger partial charge in [0.15, 0.2) is 0 Å². The highest BCUT2D eigenvalue weighted by Gasteiger charge is 2.08. The normalized spacial score (nSPS) is 10.3. The average molecular weight is 300 g/mol. The molecule has 18 heavy (non-hydrogen) atoms. The van der Waals surface area contributed by atoms with Crippen LogP contribution in [-0.4, -0.2) is 12.5 Å². The van der Waals surface area contributed by atoms with Crippen LogP contribution in [-0.2, 0) is 6.42 Å². The molecule has 2 rings (SSSR count). The molecule has 0 radical (unpaired) electrons. The van der Waals surface area contributed by atoms with Crippen molar-refractivity contribution in [2.24, 2.45) is 0 Å². The molecule has 1 heterocycles. The second-order valence-corrected chi connectivity index (χ2v) is 5.82. The highest BCUT2D eigenvalue weighted by Crippen LogP contribution is 2.21. The number of hydrogen-bond acceptors (Lipinski definition) is 2. The van der Waals surface area contributed by atoms with Crippen molar-refractivity contribution in [3.8, 4) is 0 Å². The number of amides is 1. The number of hydrogen-bond donors (Lipinski definition) is 1. The molecule has 0 unspecified atom stereocenters. The van der Waals surface area contributed by atoms with Crippen molar-refractivity contribution in [1.82, 2.24) is 5.32 Å². The van der Waals surface area contributed by atoms with Gasteiger partial charge in [0.1, 0.15) is 0 Å². The minimum Gasteiger partial charge on any atom is -0.351 e. The second-order valence-electron chi connectivity index (χ2n) is 3.70. The Morgan fingerprint density at radius 3 is 2.61 bits per heavy atom. The first-order valence-corrected chi connectivity index (χ1v) is 7.01. The summed E-state index contributed by atoms with van der Waals surface area (Å²) in [6, 6.07) is 11.1. The van der Waals surface area contributed by atoms with Gasteiger partial charge < -0.3 is 5.32 Å². The summed E-state index contributed by atoms with van der Waals surface area (Å²) in [7, 11) is 0. The predicted octanol–water partition coefficient (Wildman–Crippen LogP) is 4.03. The van der Waals surface area contributed by atoms with Crippen LogP contribution in [0.1, 0.15) is 15.2 Å². The van der Waals surface area contributed by atoms with Crippen LogP contribution < -0.4 is 5.32 Å². The van der Waals surface area contributed by atoms with Crippen LogP contribution >= 0.6 is 34.5 Å². The third-order valence-electron chi connectivity index (χ3n) is 2.43. The molecule has 1 N–H and O–H groups in total. The van der Waals surface area contributed by atoms with E-state index in [1.54, 1.807) is 12.1 Å². The van der Waals surface area contributed by atoms with Crippen LogP contribution in [0.4, 0.5) is 0 Å². The third kappa shape index (κ3) is 3.48. The number of benzene rings is 1. The third-order valence-corrected chi connectivity index (χ3v) is 4.03. The Hall–Kier alpha value is -1.03. The molecule has 2 aromatic rings. The predicted molar refractivity (Wildman–Crippen MR) is 76.8 cm³/mol. The molecule has 0 aliphatic heterocycles. The van der Waals surface area contributed by atoms with Gasteiger partial charge in [-0.2, -0.15) is 0 Å². The van der Waals surface area contributed by atoms with E-state index in [0.29, 0.717) is 22.2 Å². The Bertz CT molecular complexity index is 553. The molecule has 0 saturated heterocycles. The molecule has 0 saturated carbocycles. The largest absolute Gasteiger partial charge is 0.351 e. The van der Waals surface area contributed by atoms with E-state index in [9.17, 15) is 4.79 Å². The van der Waals surface area contributed by atoms with Gasteiger partial charge in [0.2, 0.25) is 0 Å². The van der Waals surface area contributed by atoms with Crippen LogP contribution in [0.15, 0.2) is 36.4 Å². The van der Waals surface area contributed by atoms with Gasteiger partial charge in [-0.15, -0.1) is 11.3 Å². The summed E-state index contributed by atoms with van der Waals surface area (Å²) in [5.74, 6) is -0.0982. The number of nitrogens with one attached hydrogen (secondary N) is 1. The SMILES string of the molecule is O=C(NCCc1ccccc1Cl)c1ccc(Cl)s1. The Kier molecular flexibility index (Phi) is 4.64. The van der Waals surface area contributed by atoms with E-state index in [0.717, 1.165) is 10.6 Å². The maximum atomic E-state index is 11.7. The molecule has 1 amide bonds. The van der Waals surface area contributed by atoms with Crippen LogP contribution in [0.3, 0.4) is 0 Å². The van der Waals surface area contributed by atoms with Gasteiger partial charge in [-0.3, -0.25) is 4.79 Å². The van der Waals surface area contributed by atoms with E-state index >= 15 is 0 Å². The minimum atomic E-state index is -0.0982. The van der Waals surface area contributed by atoms with Gasteiger partial charge in [0.05, 0.1) is 9.21 Å². The van der Waals surface area contributed by atoms with Crippen molar-refractivity contribution in [1.29, 1.82) is 0 Å². The van der Waals surface area contributed by atoms with Crippen molar-refractivity contribution >= 4 is 40.4 Å². The molecule has 5 heteroatoms. The lowest BCUT2D eigenvalue weighted by atomic mass is 10.1. The van der Waals surface area contributed by atoms with Crippen molar-refractivity contribution in [3.05, 3.63) is 56.2 Å². The van der Waals surface area contributed by atoms with Gasteiger partial charge in [-0.1, -0.05) is 41.4 Å². The zero-order valence-electron chi connectivity index (χ0n) is 9.45. The summed E-state index contributed by atoms with van der Waals surface area (Å²) in [5.41, 5.74) is 1.03. The van der Waals surface area contributed by atoms with E-state index in [2.05, 4.69) is 5.32 Å². The van der Waals surface area contributed by atoms with Crippen molar-refractivity contribution in [2.45, 2.75) is 6.42 Å². The van der Waals surface area contributed by atoms with Crippen LogP contribution in [0, 0.1) is 0 Å². The Labute approximate surface area is 120 Å². The number of rotatable bonds is 4. The summed E-state index contributed by atoms with van der Waals surface area (Å²) in [6.07, 6.45) is 0.713. The molecule has 0 aliphatic carbocycles. The van der Waals surface area contributed by atoms with E-state index in [-0.39, 0.29) is 5.91 Å². The zero-order valence-corrected chi connectivity index (χ0v) is 11.8.